The lowest BCUT2D eigenvalue weighted by Crippen LogP contribution is -2.23. The predicted molar refractivity (Wildman–Crippen MR) is 79.1 cm³/mol. The molecule has 1 aromatic heterocycles. The highest BCUT2D eigenvalue weighted by Gasteiger charge is 2.06. The molecule has 0 aliphatic carbocycles. The van der Waals surface area contributed by atoms with Crippen molar-refractivity contribution in [1.29, 1.82) is 0 Å². The molecule has 18 heavy (non-hydrogen) atoms. The maximum atomic E-state index is 6.35. The second kappa shape index (κ2) is 5.28. The minimum Gasteiger partial charge on any atom is -0.362 e. The van der Waals surface area contributed by atoms with Crippen LogP contribution in [0.2, 0.25) is 5.02 Å². The zero-order valence-corrected chi connectivity index (χ0v) is 11.2. The topological polar surface area (TPSA) is 15.8 Å². The van der Waals surface area contributed by atoms with Gasteiger partial charge in [0.05, 0.1) is 0 Å². The largest absolute Gasteiger partial charge is 0.362 e. The SMILES string of the molecule is C=C/C(c1ccc(CC)cc1Cl)=c1/cc[nH]c1=C. The highest BCUT2D eigenvalue weighted by atomic mass is 35.5. The maximum Gasteiger partial charge on any atom is 0.0487 e. The molecule has 1 nitrogen and oxygen atoms in total. The average molecular weight is 258 g/mol. The minimum absolute atomic E-state index is 0.754. The number of allylic oxidation sites excluding steroid dienone is 1. The molecule has 2 heteroatoms. The zero-order valence-electron chi connectivity index (χ0n) is 10.5. The van der Waals surface area contributed by atoms with Crippen molar-refractivity contribution in [3.05, 3.63) is 69.8 Å². The average Bonchev–Trinajstić information content (AvgIpc) is 2.78. The van der Waals surface area contributed by atoms with Crippen LogP contribution in [0.5, 0.6) is 0 Å². The van der Waals surface area contributed by atoms with Crippen LogP contribution < -0.4 is 10.6 Å². The monoisotopic (exact) mass is 257 g/mol. The Hall–Kier alpha value is -1.73. The molecule has 0 unspecified atom stereocenters. The van der Waals surface area contributed by atoms with E-state index in [0.29, 0.717) is 0 Å². The van der Waals surface area contributed by atoms with Crippen molar-refractivity contribution >= 4 is 23.8 Å². The van der Waals surface area contributed by atoms with Gasteiger partial charge in [-0.1, -0.05) is 49.9 Å². The summed E-state index contributed by atoms with van der Waals surface area (Å²) < 4.78 is 0. The van der Waals surface area contributed by atoms with E-state index in [1.54, 1.807) is 0 Å². The Morgan fingerprint density at radius 3 is 2.67 bits per heavy atom. The van der Waals surface area contributed by atoms with E-state index in [2.05, 4.69) is 31.1 Å². The quantitative estimate of drug-likeness (QED) is 0.870. The molecule has 0 saturated carbocycles. The van der Waals surface area contributed by atoms with Gasteiger partial charge < -0.3 is 4.98 Å². The molecular formula is C16H16ClN. The van der Waals surface area contributed by atoms with Gasteiger partial charge in [0.15, 0.2) is 0 Å². The van der Waals surface area contributed by atoms with Crippen LogP contribution in [0.25, 0.3) is 12.2 Å². The number of halogens is 1. The summed E-state index contributed by atoms with van der Waals surface area (Å²) >= 11 is 6.35. The van der Waals surface area contributed by atoms with Crippen LogP contribution in [-0.4, -0.2) is 4.98 Å². The van der Waals surface area contributed by atoms with Crippen molar-refractivity contribution in [1.82, 2.24) is 4.98 Å². The van der Waals surface area contributed by atoms with Crippen LogP contribution in [0.15, 0.2) is 43.1 Å². The minimum atomic E-state index is 0.754. The molecule has 0 saturated heterocycles. The molecule has 0 fully saturated rings. The van der Waals surface area contributed by atoms with E-state index in [0.717, 1.165) is 33.1 Å². The maximum absolute atomic E-state index is 6.35. The third-order valence-corrected chi connectivity index (χ3v) is 3.37. The first kappa shape index (κ1) is 12.7. The summed E-state index contributed by atoms with van der Waals surface area (Å²) in [6.45, 7) is 9.97. The molecule has 0 atom stereocenters. The number of hydrogen-bond donors (Lipinski definition) is 1. The fourth-order valence-electron chi connectivity index (χ4n) is 2.02. The molecule has 0 amide bonds. The van der Waals surface area contributed by atoms with Gasteiger partial charge >= 0.3 is 0 Å². The Bertz CT molecular complexity index is 679. The van der Waals surface area contributed by atoms with Crippen LogP contribution in [-0.2, 0) is 6.42 Å². The highest BCUT2D eigenvalue weighted by Crippen LogP contribution is 2.24. The van der Waals surface area contributed by atoms with Crippen LogP contribution in [0.1, 0.15) is 18.1 Å². The second-order valence-electron chi connectivity index (χ2n) is 4.16. The van der Waals surface area contributed by atoms with Crippen molar-refractivity contribution in [3.63, 3.8) is 0 Å². The summed E-state index contributed by atoms with van der Waals surface area (Å²) in [5.41, 5.74) is 3.23. The summed E-state index contributed by atoms with van der Waals surface area (Å²) in [5.74, 6) is 0. The molecule has 0 spiro atoms. The number of benzene rings is 1. The Morgan fingerprint density at radius 2 is 2.17 bits per heavy atom. The number of rotatable bonds is 3. The van der Waals surface area contributed by atoms with Gasteiger partial charge in [0, 0.05) is 27.4 Å². The lowest BCUT2D eigenvalue weighted by molar-refractivity contribution is 1.14. The smallest absolute Gasteiger partial charge is 0.0487 e. The number of aromatic amines is 1. The lowest BCUT2D eigenvalue weighted by atomic mass is 10.0. The molecular weight excluding hydrogens is 242 g/mol. The molecule has 2 aromatic rings. The van der Waals surface area contributed by atoms with Gasteiger partial charge in [-0.25, -0.2) is 0 Å². The van der Waals surface area contributed by atoms with Gasteiger partial charge in [0.1, 0.15) is 0 Å². The van der Waals surface area contributed by atoms with Crippen LogP contribution in [0.3, 0.4) is 0 Å². The fourth-order valence-corrected chi connectivity index (χ4v) is 2.32. The summed E-state index contributed by atoms with van der Waals surface area (Å²) in [5, 5.41) is 2.67. The molecule has 1 aromatic carbocycles. The Kier molecular flexibility index (Phi) is 3.73. The van der Waals surface area contributed by atoms with Crippen molar-refractivity contribution in [3.8, 4) is 0 Å². The van der Waals surface area contributed by atoms with E-state index < -0.39 is 0 Å². The van der Waals surface area contributed by atoms with Gasteiger partial charge in [0.25, 0.3) is 0 Å². The molecule has 0 aliphatic heterocycles. The molecule has 92 valence electrons. The number of hydrogen-bond acceptors (Lipinski definition) is 0. The van der Waals surface area contributed by atoms with E-state index in [-0.39, 0.29) is 0 Å². The van der Waals surface area contributed by atoms with Crippen LogP contribution in [0, 0.1) is 0 Å². The van der Waals surface area contributed by atoms with Crippen molar-refractivity contribution < 1.29 is 0 Å². The first-order valence-corrected chi connectivity index (χ1v) is 6.33. The standard InChI is InChI=1S/C16H16ClN/c1-4-12-6-7-15(16(17)10-12)13(5-2)14-8-9-18-11(14)3/h5-10,18H,2-4H2,1H3/b14-13+. The first-order chi connectivity index (χ1) is 8.67. The van der Waals surface area contributed by atoms with Gasteiger partial charge in [0.2, 0.25) is 0 Å². The molecule has 2 rings (SSSR count). The zero-order chi connectivity index (χ0) is 13.1. The fraction of sp³-hybridized carbons (Fsp3) is 0.125. The van der Waals surface area contributed by atoms with E-state index in [1.165, 1.54) is 5.56 Å². The second-order valence-corrected chi connectivity index (χ2v) is 4.56. The van der Waals surface area contributed by atoms with E-state index in [1.807, 2.05) is 30.5 Å². The lowest BCUT2D eigenvalue weighted by Gasteiger charge is -2.07. The predicted octanol–water partition coefficient (Wildman–Crippen LogP) is 3.03. The Labute approximate surface area is 112 Å². The number of aryl methyl sites for hydroxylation is 1. The Morgan fingerprint density at radius 1 is 1.39 bits per heavy atom. The summed E-state index contributed by atoms with van der Waals surface area (Å²) in [6.07, 6.45) is 4.67. The van der Waals surface area contributed by atoms with Crippen molar-refractivity contribution in [2.24, 2.45) is 0 Å². The summed E-state index contributed by atoms with van der Waals surface area (Å²) in [7, 11) is 0. The number of nitrogens with one attached hydrogen (secondary N) is 1. The molecule has 0 bridgehead atoms. The Balaban J connectivity index is 2.72. The summed E-state index contributed by atoms with van der Waals surface area (Å²) in [4.78, 5) is 3.07. The van der Waals surface area contributed by atoms with Gasteiger partial charge in [-0.15, -0.1) is 0 Å². The van der Waals surface area contributed by atoms with Crippen LogP contribution >= 0.6 is 11.6 Å². The normalized spacial score (nSPS) is 12.3. The summed E-state index contributed by atoms with van der Waals surface area (Å²) in [6, 6.07) is 8.14. The third kappa shape index (κ3) is 2.27. The highest BCUT2D eigenvalue weighted by molar-refractivity contribution is 6.32. The number of aromatic nitrogens is 1. The molecule has 1 heterocycles. The van der Waals surface area contributed by atoms with E-state index >= 15 is 0 Å². The van der Waals surface area contributed by atoms with Gasteiger partial charge in [-0.2, -0.15) is 0 Å². The van der Waals surface area contributed by atoms with E-state index in [9.17, 15) is 0 Å². The number of H-pyrrole nitrogens is 1. The van der Waals surface area contributed by atoms with Gasteiger partial charge in [-0.05, 0) is 29.7 Å². The van der Waals surface area contributed by atoms with Crippen molar-refractivity contribution in [2.75, 3.05) is 0 Å². The van der Waals surface area contributed by atoms with Gasteiger partial charge in [-0.3, -0.25) is 0 Å². The van der Waals surface area contributed by atoms with Crippen LogP contribution in [0.4, 0.5) is 0 Å². The third-order valence-electron chi connectivity index (χ3n) is 3.06. The van der Waals surface area contributed by atoms with E-state index in [4.69, 9.17) is 11.6 Å². The molecule has 0 aliphatic rings. The molecule has 1 N–H and O–H groups in total. The molecule has 0 radical (unpaired) electrons. The first-order valence-electron chi connectivity index (χ1n) is 5.95. The van der Waals surface area contributed by atoms with Crippen molar-refractivity contribution in [2.45, 2.75) is 13.3 Å².